The van der Waals surface area contributed by atoms with E-state index in [1.807, 2.05) is 4.90 Å². The van der Waals surface area contributed by atoms with E-state index in [1.165, 1.54) is 25.8 Å². The smallest absolute Gasteiger partial charge is 0.222 e. The standard InChI is InChI=1S/C19H37N5O/c1-3-20-19(22-15-17-9-7-12-23(2)16-17)21-11-8-14-24-13-6-4-5-10-18(24)25/h17H,3-16H2,1-2H3,(H2,20,21,22). The molecule has 0 aromatic heterocycles. The first-order chi connectivity index (χ1) is 12.2. The number of hydrogen-bond donors (Lipinski definition) is 2. The summed E-state index contributed by atoms with van der Waals surface area (Å²) in [4.78, 5) is 21.2. The van der Waals surface area contributed by atoms with Crippen LogP contribution >= 0.6 is 0 Å². The molecule has 144 valence electrons. The summed E-state index contributed by atoms with van der Waals surface area (Å²) in [6.45, 7) is 8.89. The minimum Gasteiger partial charge on any atom is -0.357 e. The Morgan fingerprint density at radius 1 is 1.20 bits per heavy atom. The summed E-state index contributed by atoms with van der Waals surface area (Å²) in [5.41, 5.74) is 0. The quantitative estimate of drug-likeness (QED) is 0.416. The van der Waals surface area contributed by atoms with E-state index in [1.54, 1.807) is 0 Å². The average Bonchev–Trinajstić information content (AvgIpc) is 2.81. The molecule has 2 saturated heterocycles. The van der Waals surface area contributed by atoms with Gasteiger partial charge in [0.25, 0.3) is 0 Å². The van der Waals surface area contributed by atoms with Gasteiger partial charge in [-0.2, -0.15) is 0 Å². The van der Waals surface area contributed by atoms with Crippen LogP contribution in [0.25, 0.3) is 0 Å². The fourth-order valence-corrected chi connectivity index (χ4v) is 3.74. The van der Waals surface area contributed by atoms with Gasteiger partial charge in [0.05, 0.1) is 0 Å². The topological polar surface area (TPSA) is 60.0 Å². The van der Waals surface area contributed by atoms with Gasteiger partial charge in [-0.1, -0.05) is 6.42 Å². The number of amides is 1. The number of nitrogens with zero attached hydrogens (tertiary/aromatic N) is 3. The van der Waals surface area contributed by atoms with Crippen LogP contribution in [0.15, 0.2) is 4.99 Å². The van der Waals surface area contributed by atoms with Gasteiger partial charge in [-0.15, -0.1) is 0 Å². The number of rotatable bonds is 7. The highest BCUT2D eigenvalue weighted by atomic mass is 16.2. The van der Waals surface area contributed by atoms with Crippen molar-refractivity contribution in [2.75, 3.05) is 52.9 Å². The van der Waals surface area contributed by atoms with Crippen LogP contribution in [0.4, 0.5) is 0 Å². The van der Waals surface area contributed by atoms with Crippen molar-refractivity contribution < 1.29 is 4.79 Å². The van der Waals surface area contributed by atoms with Crippen LogP contribution in [-0.4, -0.2) is 74.5 Å². The average molecular weight is 352 g/mol. The van der Waals surface area contributed by atoms with Gasteiger partial charge in [0.1, 0.15) is 0 Å². The number of nitrogens with one attached hydrogen (secondary N) is 2. The van der Waals surface area contributed by atoms with E-state index in [-0.39, 0.29) is 0 Å². The van der Waals surface area contributed by atoms with Gasteiger partial charge in [-0.25, -0.2) is 0 Å². The van der Waals surface area contributed by atoms with E-state index < -0.39 is 0 Å². The maximum absolute atomic E-state index is 12.0. The van der Waals surface area contributed by atoms with Gasteiger partial charge >= 0.3 is 0 Å². The van der Waals surface area contributed by atoms with E-state index in [4.69, 9.17) is 4.99 Å². The predicted octanol–water partition coefficient (Wildman–Crippen LogP) is 1.68. The van der Waals surface area contributed by atoms with Crippen molar-refractivity contribution in [3.8, 4) is 0 Å². The molecule has 2 aliphatic rings. The summed E-state index contributed by atoms with van der Waals surface area (Å²) in [7, 11) is 2.20. The van der Waals surface area contributed by atoms with Crippen molar-refractivity contribution in [2.45, 2.75) is 51.9 Å². The summed E-state index contributed by atoms with van der Waals surface area (Å²) in [6, 6.07) is 0. The lowest BCUT2D eigenvalue weighted by atomic mass is 9.99. The molecule has 2 N–H and O–H groups in total. The lowest BCUT2D eigenvalue weighted by Gasteiger charge is -2.28. The summed E-state index contributed by atoms with van der Waals surface area (Å²) < 4.78 is 0. The molecule has 0 aliphatic carbocycles. The van der Waals surface area contributed by atoms with Crippen LogP contribution < -0.4 is 10.6 Å². The Labute approximate surface area is 153 Å². The summed E-state index contributed by atoms with van der Waals surface area (Å²) >= 11 is 0. The highest BCUT2D eigenvalue weighted by molar-refractivity contribution is 5.79. The van der Waals surface area contributed by atoms with Gasteiger partial charge in [-0.05, 0) is 58.5 Å². The van der Waals surface area contributed by atoms with Gasteiger partial charge in [0, 0.05) is 45.7 Å². The molecule has 1 atom stereocenters. The zero-order valence-corrected chi connectivity index (χ0v) is 16.2. The summed E-state index contributed by atoms with van der Waals surface area (Å²) in [6.07, 6.45) is 7.67. The highest BCUT2D eigenvalue weighted by Gasteiger charge is 2.17. The number of carbonyl (C=O) groups is 1. The number of hydrogen-bond acceptors (Lipinski definition) is 3. The Hall–Kier alpha value is -1.30. The Morgan fingerprint density at radius 3 is 2.88 bits per heavy atom. The molecule has 2 heterocycles. The van der Waals surface area contributed by atoms with Gasteiger partial charge in [-0.3, -0.25) is 9.79 Å². The van der Waals surface area contributed by atoms with Crippen LogP contribution in [0, 0.1) is 5.92 Å². The second-order valence-electron chi connectivity index (χ2n) is 7.46. The molecule has 25 heavy (non-hydrogen) atoms. The third kappa shape index (κ3) is 7.63. The molecule has 1 unspecified atom stereocenters. The van der Waals surface area contributed by atoms with E-state index in [2.05, 4.69) is 29.5 Å². The van der Waals surface area contributed by atoms with Crippen molar-refractivity contribution in [3.63, 3.8) is 0 Å². The number of guanidine groups is 1. The molecule has 2 aliphatic heterocycles. The molecule has 2 fully saturated rings. The first kappa shape index (κ1) is 20.0. The molecule has 6 heteroatoms. The van der Waals surface area contributed by atoms with Crippen LogP contribution in [0.2, 0.25) is 0 Å². The fraction of sp³-hybridized carbons (Fsp3) is 0.895. The number of piperidine rings is 1. The summed E-state index contributed by atoms with van der Waals surface area (Å²) in [5, 5.41) is 6.76. The van der Waals surface area contributed by atoms with Crippen LogP contribution in [0.1, 0.15) is 51.9 Å². The molecule has 1 amide bonds. The monoisotopic (exact) mass is 351 g/mol. The Balaban J connectivity index is 1.69. The highest BCUT2D eigenvalue weighted by Crippen LogP contribution is 2.15. The van der Waals surface area contributed by atoms with Crippen molar-refractivity contribution in [1.82, 2.24) is 20.4 Å². The third-order valence-corrected chi connectivity index (χ3v) is 5.14. The largest absolute Gasteiger partial charge is 0.357 e. The van der Waals surface area contributed by atoms with E-state index in [0.717, 1.165) is 70.9 Å². The lowest BCUT2D eigenvalue weighted by molar-refractivity contribution is -0.130. The van der Waals surface area contributed by atoms with Crippen molar-refractivity contribution in [2.24, 2.45) is 10.9 Å². The minimum absolute atomic E-state index is 0.333. The molecule has 0 radical (unpaired) electrons. The van der Waals surface area contributed by atoms with Gasteiger partial charge < -0.3 is 20.4 Å². The number of likely N-dealkylation sites (tertiary alicyclic amines) is 2. The molecule has 6 nitrogen and oxygen atoms in total. The molecule has 0 saturated carbocycles. The maximum Gasteiger partial charge on any atom is 0.222 e. The second kappa shape index (κ2) is 11.3. The SMILES string of the molecule is CCNC(=NCC1CCCN(C)C1)NCCCN1CCCCCC1=O. The minimum atomic E-state index is 0.333. The molecular formula is C19H37N5O. The molecule has 0 bridgehead atoms. The van der Waals surface area contributed by atoms with E-state index >= 15 is 0 Å². The van der Waals surface area contributed by atoms with Crippen LogP contribution in [-0.2, 0) is 4.79 Å². The Bertz CT molecular complexity index is 426. The second-order valence-corrected chi connectivity index (χ2v) is 7.46. The van der Waals surface area contributed by atoms with Gasteiger partial charge in [0.2, 0.25) is 5.91 Å². The predicted molar refractivity (Wildman–Crippen MR) is 104 cm³/mol. The number of carbonyl (C=O) groups excluding carboxylic acids is 1. The molecule has 0 aromatic carbocycles. The van der Waals surface area contributed by atoms with Crippen LogP contribution in [0.3, 0.4) is 0 Å². The van der Waals surface area contributed by atoms with Crippen molar-refractivity contribution >= 4 is 11.9 Å². The molecule has 0 spiro atoms. The van der Waals surface area contributed by atoms with Crippen molar-refractivity contribution in [1.29, 1.82) is 0 Å². The maximum atomic E-state index is 12.0. The van der Waals surface area contributed by atoms with E-state index in [0.29, 0.717) is 11.8 Å². The molecule has 2 rings (SSSR count). The van der Waals surface area contributed by atoms with Crippen LogP contribution in [0.5, 0.6) is 0 Å². The first-order valence-electron chi connectivity index (χ1n) is 10.2. The number of aliphatic imine (C=N–C) groups is 1. The molecular weight excluding hydrogens is 314 g/mol. The Morgan fingerprint density at radius 2 is 2.08 bits per heavy atom. The van der Waals surface area contributed by atoms with Crippen molar-refractivity contribution in [3.05, 3.63) is 0 Å². The third-order valence-electron chi connectivity index (χ3n) is 5.14. The zero-order chi connectivity index (χ0) is 17.9. The lowest BCUT2D eigenvalue weighted by Crippen LogP contribution is -2.40. The first-order valence-corrected chi connectivity index (χ1v) is 10.2. The Kier molecular flexibility index (Phi) is 9.08. The molecule has 0 aromatic rings. The normalized spacial score (nSPS) is 23.4. The van der Waals surface area contributed by atoms with E-state index in [9.17, 15) is 4.79 Å². The summed E-state index contributed by atoms with van der Waals surface area (Å²) in [5.74, 6) is 1.92. The van der Waals surface area contributed by atoms with Gasteiger partial charge in [0.15, 0.2) is 5.96 Å². The zero-order valence-electron chi connectivity index (χ0n) is 16.2. The fourth-order valence-electron chi connectivity index (χ4n) is 3.74.